The number of halogens is 1. The van der Waals surface area contributed by atoms with Crippen molar-refractivity contribution in [3.63, 3.8) is 0 Å². The number of hydrogen-bond donors (Lipinski definition) is 1. The molecule has 0 aliphatic heterocycles. The molecule has 28 heavy (non-hydrogen) atoms. The zero-order valence-corrected chi connectivity index (χ0v) is 16.2. The van der Waals surface area contributed by atoms with Gasteiger partial charge in [0.2, 0.25) is 5.91 Å². The van der Waals surface area contributed by atoms with Gasteiger partial charge in [-0.25, -0.2) is 4.39 Å². The minimum atomic E-state index is -0.571. The molecule has 3 nitrogen and oxygen atoms in total. The van der Waals surface area contributed by atoms with Crippen molar-refractivity contribution in [1.29, 1.82) is 0 Å². The van der Waals surface area contributed by atoms with Gasteiger partial charge in [0.15, 0.2) is 0 Å². The Morgan fingerprint density at radius 3 is 2.57 bits per heavy atom. The van der Waals surface area contributed by atoms with Crippen LogP contribution in [-0.4, -0.2) is 10.9 Å². The first kappa shape index (κ1) is 18.6. The molecule has 1 aromatic heterocycles. The summed E-state index contributed by atoms with van der Waals surface area (Å²) in [7, 11) is 0. The van der Waals surface area contributed by atoms with E-state index in [1.54, 1.807) is 18.3 Å². The molecule has 1 aliphatic rings. The number of carbonyl (C=O) groups excluding carboxylic acids is 1. The predicted molar refractivity (Wildman–Crippen MR) is 111 cm³/mol. The normalized spacial score (nSPS) is 16.1. The van der Waals surface area contributed by atoms with Crippen LogP contribution in [0, 0.1) is 18.2 Å². The number of nitrogens with one attached hydrogen (secondary N) is 1. The van der Waals surface area contributed by atoms with E-state index in [9.17, 15) is 9.18 Å². The van der Waals surface area contributed by atoms with E-state index in [2.05, 4.69) is 10.3 Å². The molecule has 1 amide bonds. The van der Waals surface area contributed by atoms with Gasteiger partial charge in [-0.1, -0.05) is 55.7 Å². The second-order valence-electron chi connectivity index (χ2n) is 7.88. The summed E-state index contributed by atoms with van der Waals surface area (Å²) >= 11 is 0. The molecule has 4 rings (SSSR count). The quantitative estimate of drug-likeness (QED) is 0.624. The van der Waals surface area contributed by atoms with Crippen molar-refractivity contribution in [2.75, 3.05) is 5.32 Å². The number of fused-ring (bicyclic) bond motifs is 1. The minimum Gasteiger partial charge on any atom is -0.324 e. The first-order valence-corrected chi connectivity index (χ1v) is 9.98. The van der Waals surface area contributed by atoms with Crippen LogP contribution in [0.25, 0.3) is 10.9 Å². The summed E-state index contributed by atoms with van der Waals surface area (Å²) in [6.45, 7) is 2.00. The SMILES string of the molecule is Cc1c(NC(=O)C2(Cc3ccccc3F)CCCCC2)cnc2ccccc12. The van der Waals surface area contributed by atoms with E-state index in [0.29, 0.717) is 12.0 Å². The van der Waals surface area contributed by atoms with Gasteiger partial charge in [0.25, 0.3) is 0 Å². The molecule has 4 heteroatoms. The van der Waals surface area contributed by atoms with Crippen molar-refractivity contribution in [2.24, 2.45) is 5.41 Å². The Morgan fingerprint density at radius 1 is 1.07 bits per heavy atom. The Kier molecular flexibility index (Phi) is 5.12. The Labute approximate surface area is 165 Å². The van der Waals surface area contributed by atoms with Crippen molar-refractivity contribution in [3.8, 4) is 0 Å². The van der Waals surface area contributed by atoms with Crippen molar-refractivity contribution in [1.82, 2.24) is 4.98 Å². The molecule has 3 aromatic rings. The third-order valence-corrected chi connectivity index (χ3v) is 6.07. The maximum absolute atomic E-state index is 14.3. The maximum atomic E-state index is 14.3. The summed E-state index contributed by atoms with van der Waals surface area (Å²) in [5.74, 6) is -0.251. The highest BCUT2D eigenvalue weighted by Crippen LogP contribution is 2.41. The molecule has 2 aromatic carbocycles. The standard InChI is InChI=1S/C24H25FN2O/c1-17-19-10-4-6-12-21(19)26-16-22(17)27-23(28)24(13-7-2-8-14-24)15-18-9-3-5-11-20(18)25/h3-6,9-12,16H,2,7-8,13-15H2,1H3,(H,27,28). The van der Waals surface area contributed by atoms with Gasteiger partial charge >= 0.3 is 0 Å². The van der Waals surface area contributed by atoms with E-state index < -0.39 is 5.41 Å². The minimum absolute atomic E-state index is 0.0179. The molecule has 0 unspecified atom stereocenters. The van der Waals surface area contributed by atoms with Crippen molar-refractivity contribution < 1.29 is 9.18 Å². The average Bonchev–Trinajstić information content (AvgIpc) is 2.72. The van der Waals surface area contributed by atoms with Gasteiger partial charge < -0.3 is 5.32 Å². The molecule has 0 spiro atoms. The number of para-hydroxylation sites is 1. The van der Waals surface area contributed by atoms with Gasteiger partial charge in [-0.3, -0.25) is 9.78 Å². The molecular weight excluding hydrogens is 351 g/mol. The molecule has 1 aliphatic carbocycles. The van der Waals surface area contributed by atoms with Crippen LogP contribution in [0.2, 0.25) is 0 Å². The van der Waals surface area contributed by atoms with Crippen LogP contribution in [0.5, 0.6) is 0 Å². The summed E-state index contributed by atoms with van der Waals surface area (Å²) in [5.41, 5.74) is 2.71. The summed E-state index contributed by atoms with van der Waals surface area (Å²) in [6.07, 6.45) is 6.86. The number of aryl methyl sites for hydroxylation is 1. The Hall–Kier alpha value is -2.75. The van der Waals surface area contributed by atoms with Gasteiger partial charge in [0, 0.05) is 5.39 Å². The first-order valence-electron chi connectivity index (χ1n) is 9.98. The maximum Gasteiger partial charge on any atom is 0.230 e. The topological polar surface area (TPSA) is 42.0 Å². The monoisotopic (exact) mass is 376 g/mol. The Bertz CT molecular complexity index is 1010. The highest BCUT2D eigenvalue weighted by molar-refractivity contribution is 5.98. The zero-order valence-electron chi connectivity index (χ0n) is 16.2. The van der Waals surface area contributed by atoms with E-state index in [1.807, 2.05) is 37.3 Å². The molecule has 1 fully saturated rings. The van der Waals surface area contributed by atoms with Crippen molar-refractivity contribution >= 4 is 22.5 Å². The fraction of sp³-hybridized carbons (Fsp3) is 0.333. The van der Waals surface area contributed by atoms with E-state index in [0.717, 1.165) is 54.3 Å². The van der Waals surface area contributed by atoms with E-state index >= 15 is 0 Å². The van der Waals surface area contributed by atoms with Gasteiger partial charge in [-0.15, -0.1) is 0 Å². The lowest BCUT2D eigenvalue weighted by molar-refractivity contribution is -0.127. The summed E-state index contributed by atoms with van der Waals surface area (Å²) in [4.78, 5) is 17.9. The van der Waals surface area contributed by atoms with Gasteiger partial charge in [-0.2, -0.15) is 0 Å². The third kappa shape index (κ3) is 3.51. The van der Waals surface area contributed by atoms with Crippen LogP contribution in [0.15, 0.2) is 54.7 Å². The number of nitrogens with zero attached hydrogens (tertiary/aromatic N) is 1. The first-order chi connectivity index (χ1) is 13.6. The van der Waals surface area contributed by atoms with Crippen LogP contribution in [0.3, 0.4) is 0 Å². The lowest BCUT2D eigenvalue weighted by Gasteiger charge is -2.36. The molecule has 0 bridgehead atoms. The number of anilines is 1. The second-order valence-corrected chi connectivity index (χ2v) is 7.88. The fourth-order valence-corrected chi connectivity index (χ4v) is 4.38. The molecular formula is C24H25FN2O. The summed E-state index contributed by atoms with van der Waals surface area (Å²) in [5, 5.41) is 4.16. The largest absolute Gasteiger partial charge is 0.324 e. The van der Waals surface area contributed by atoms with E-state index in [-0.39, 0.29) is 11.7 Å². The third-order valence-electron chi connectivity index (χ3n) is 6.07. The molecule has 1 saturated carbocycles. The van der Waals surface area contributed by atoms with Crippen molar-refractivity contribution in [2.45, 2.75) is 45.4 Å². The van der Waals surface area contributed by atoms with Crippen LogP contribution in [0.4, 0.5) is 10.1 Å². The molecule has 0 atom stereocenters. The average molecular weight is 376 g/mol. The summed E-state index contributed by atoms with van der Waals surface area (Å²) in [6, 6.07) is 14.7. The number of aromatic nitrogens is 1. The zero-order chi connectivity index (χ0) is 19.6. The predicted octanol–water partition coefficient (Wildman–Crippen LogP) is 5.81. The van der Waals surface area contributed by atoms with Gasteiger partial charge in [-0.05, 0) is 49.4 Å². The number of rotatable bonds is 4. The summed E-state index contributed by atoms with van der Waals surface area (Å²) < 4.78 is 14.3. The molecule has 1 N–H and O–H groups in total. The van der Waals surface area contributed by atoms with Crippen molar-refractivity contribution in [3.05, 3.63) is 71.7 Å². The highest BCUT2D eigenvalue weighted by atomic mass is 19.1. The Balaban J connectivity index is 1.65. The molecule has 144 valence electrons. The smallest absolute Gasteiger partial charge is 0.230 e. The Morgan fingerprint density at radius 2 is 1.79 bits per heavy atom. The number of hydrogen-bond acceptors (Lipinski definition) is 2. The molecule has 1 heterocycles. The van der Waals surface area contributed by atoms with Crippen LogP contribution in [-0.2, 0) is 11.2 Å². The lowest BCUT2D eigenvalue weighted by Crippen LogP contribution is -2.40. The number of carbonyl (C=O) groups is 1. The van der Waals surface area contributed by atoms with E-state index in [4.69, 9.17) is 0 Å². The molecule has 0 saturated heterocycles. The number of benzene rings is 2. The second kappa shape index (κ2) is 7.70. The van der Waals surface area contributed by atoms with Gasteiger partial charge in [0.1, 0.15) is 5.82 Å². The fourth-order valence-electron chi connectivity index (χ4n) is 4.38. The molecule has 0 radical (unpaired) electrons. The van der Waals surface area contributed by atoms with Gasteiger partial charge in [0.05, 0.1) is 22.8 Å². The van der Waals surface area contributed by atoms with Crippen LogP contribution < -0.4 is 5.32 Å². The number of amides is 1. The van der Waals surface area contributed by atoms with E-state index in [1.165, 1.54) is 6.07 Å². The lowest BCUT2D eigenvalue weighted by atomic mass is 9.69. The number of pyridine rings is 1. The van der Waals surface area contributed by atoms with Crippen LogP contribution in [0.1, 0.15) is 43.2 Å². The van der Waals surface area contributed by atoms with Crippen LogP contribution >= 0.6 is 0 Å². The highest BCUT2D eigenvalue weighted by Gasteiger charge is 2.40.